The number of aromatic carboxylic acids is 1. The second-order valence-corrected chi connectivity index (χ2v) is 9.75. The minimum Gasteiger partial charge on any atom is -0.871 e. The van der Waals surface area contributed by atoms with Crippen LogP contribution in [0.3, 0.4) is 0 Å². The van der Waals surface area contributed by atoms with Crippen LogP contribution < -0.4 is 5.11 Å². The molecule has 0 aromatic heterocycles. The molecule has 0 aliphatic heterocycles. The van der Waals surface area contributed by atoms with Crippen LogP contribution in [0.1, 0.15) is 10.4 Å². The topological polar surface area (TPSA) is 207 Å². The van der Waals surface area contributed by atoms with Crippen LogP contribution in [0.4, 0.5) is 22.7 Å². The van der Waals surface area contributed by atoms with Crippen molar-refractivity contribution in [2.75, 3.05) is 0 Å². The van der Waals surface area contributed by atoms with Gasteiger partial charge < -0.3 is 25.0 Å². The van der Waals surface area contributed by atoms with E-state index in [0.29, 0.717) is 22.1 Å². The quantitative estimate of drug-likeness (QED) is 0.169. The van der Waals surface area contributed by atoms with Crippen molar-refractivity contribution in [3.63, 3.8) is 0 Å². The Hall–Kier alpha value is -5.40. The van der Waals surface area contributed by atoms with E-state index in [4.69, 9.17) is 0 Å². The van der Waals surface area contributed by atoms with Crippen LogP contribution in [0, 0.1) is 0 Å². The number of rotatable bonds is 6. The molecule has 0 radical (unpaired) electrons. The lowest BCUT2D eigenvalue weighted by atomic mass is 10.1. The van der Waals surface area contributed by atoms with Gasteiger partial charge in [0.05, 0.1) is 22.0 Å². The van der Waals surface area contributed by atoms with Gasteiger partial charge in [-0.25, -0.2) is 13.2 Å². The molecule has 0 aliphatic rings. The molecule has 5 aromatic rings. The van der Waals surface area contributed by atoms with Crippen molar-refractivity contribution >= 4 is 60.4 Å². The molecule has 0 unspecified atom stereocenters. The van der Waals surface area contributed by atoms with Gasteiger partial charge in [-0.1, -0.05) is 48.2 Å². The molecule has 40 heavy (non-hydrogen) atoms. The van der Waals surface area contributed by atoms with Crippen LogP contribution in [0.25, 0.3) is 21.5 Å². The fraction of sp³-hybridized carbons (Fsp3) is 0. The van der Waals surface area contributed by atoms with Crippen molar-refractivity contribution in [1.82, 2.24) is 0 Å². The molecule has 0 atom stereocenters. The van der Waals surface area contributed by atoms with Gasteiger partial charge in [-0.05, 0) is 47.2 Å². The second-order valence-electron chi connectivity index (χ2n) is 8.40. The molecule has 3 N–H and O–H groups in total. The minimum absolute atomic E-state index is 0.00300. The molecule has 0 aliphatic carbocycles. The Morgan fingerprint density at radius 3 is 1.77 bits per heavy atom. The molecule has 0 bridgehead atoms. The first kappa shape index (κ1) is 26.2. The van der Waals surface area contributed by atoms with E-state index in [0.717, 1.165) is 12.1 Å². The number of azo groups is 2. The van der Waals surface area contributed by atoms with Gasteiger partial charge in [0.25, 0.3) is 0 Å². The highest BCUT2D eigenvalue weighted by molar-refractivity contribution is 7.86. The average molecular weight is 557 g/mol. The second kappa shape index (κ2) is 10.1. The van der Waals surface area contributed by atoms with Crippen LogP contribution in [-0.4, -0.2) is 34.3 Å². The Morgan fingerprint density at radius 1 is 0.650 bits per heavy atom. The van der Waals surface area contributed by atoms with E-state index in [2.05, 4.69) is 20.5 Å². The van der Waals surface area contributed by atoms with E-state index in [-0.39, 0.29) is 22.1 Å². The third kappa shape index (κ3) is 4.77. The van der Waals surface area contributed by atoms with Gasteiger partial charge >= 0.3 is 5.97 Å². The number of carbonyl (C=O) groups is 1. The van der Waals surface area contributed by atoms with Crippen molar-refractivity contribution in [2.24, 2.45) is 20.5 Å². The monoisotopic (exact) mass is 556 g/mol. The minimum atomic E-state index is -4.79. The molecule has 5 aromatic carbocycles. The predicted molar refractivity (Wildman–Crippen MR) is 140 cm³/mol. The number of carboxylic acid groups (broad SMARTS) is 1. The number of hydrogen-bond acceptors (Lipinski definition) is 11. The molecule has 0 saturated carbocycles. The molecule has 200 valence electrons. The maximum atomic E-state index is 12.9. The summed E-state index contributed by atoms with van der Waals surface area (Å²) in [5, 5.41) is 59.5. The summed E-state index contributed by atoms with van der Waals surface area (Å²) in [5.41, 5.74) is -0.228. The summed E-state index contributed by atoms with van der Waals surface area (Å²) in [6.45, 7) is 0. The van der Waals surface area contributed by atoms with Crippen LogP contribution in [-0.2, 0) is 10.1 Å². The SMILES string of the molecule is O=C(O)c1c(O)ccc(N=Nc2ccc(N=Nc3ccc4c(S(=O)(=O)[O-])cccc4c3[O-])c3ccccc23)c1O. The van der Waals surface area contributed by atoms with Crippen LogP contribution >= 0.6 is 0 Å². The smallest absolute Gasteiger partial charge is 0.343 e. The third-order valence-corrected chi connectivity index (χ3v) is 6.87. The highest BCUT2D eigenvalue weighted by Crippen LogP contribution is 2.40. The van der Waals surface area contributed by atoms with E-state index >= 15 is 0 Å². The number of carboxylic acids is 1. The maximum Gasteiger partial charge on any atom is 0.343 e. The summed E-state index contributed by atoms with van der Waals surface area (Å²) in [6, 6.07) is 18.8. The van der Waals surface area contributed by atoms with Gasteiger partial charge in [-0.2, -0.15) is 5.11 Å². The first-order valence-corrected chi connectivity index (χ1v) is 12.8. The van der Waals surface area contributed by atoms with Gasteiger partial charge in [0.2, 0.25) is 0 Å². The van der Waals surface area contributed by atoms with Crippen molar-refractivity contribution < 1.29 is 38.2 Å². The zero-order valence-electron chi connectivity index (χ0n) is 20.1. The van der Waals surface area contributed by atoms with Crippen molar-refractivity contribution in [3.05, 3.63) is 84.4 Å². The number of nitrogens with zero attached hydrogens (tertiary/aromatic N) is 4. The maximum absolute atomic E-state index is 12.9. The molecule has 0 spiro atoms. The fourth-order valence-corrected chi connectivity index (χ4v) is 4.80. The van der Waals surface area contributed by atoms with Gasteiger partial charge in [0.15, 0.2) is 5.75 Å². The van der Waals surface area contributed by atoms with Gasteiger partial charge in [0.1, 0.15) is 27.1 Å². The number of aromatic hydroxyl groups is 2. The van der Waals surface area contributed by atoms with E-state index in [1.807, 2.05) is 0 Å². The summed E-state index contributed by atoms with van der Waals surface area (Å²) in [5.74, 6) is -3.49. The Morgan fingerprint density at radius 2 is 1.18 bits per heavy atom. The van der Waals surface area contributed by atoms with Crippen LogP contribution in [0.15, 0.2) is 104 Å². The summed E-state index contributed by atoms with van der Waals surface area (Å²) < 4.78 is 34.6. The van der Waals surface area contributed by atoms with E-state index < -0.39 is 43.8 Å². The highest BCUT2D eigenvalue weighted by atomic mass is 32.2. The number of fused-ring (bicyclic) bond motifs is 2. The number of benzene rings is 5. The molecule has 0 heterocycles. The number of hydrogen-bond donors (Lipinski definition) is 3. The standard InChI is InChI=1S/C27H18N4O8S/c32-22-13-12-21(26(34)24(22)27(35)36)31-29-19-11-10-18(14-4-1-2-5-15(14)19)28-30-20-9-8-16-17(25(20)33)6-3-7-23(16)40(37,38)39/h1-13,32-34H,(H,35,36)(H,37,38,39)/p-2. The molecule has 13 heteroatoms. The lowest BCUT2D eigenvalue weighted by Crippen LogP contribution is -2.00. The first-order chi connectivity index (χ1) is 19.1. The molecule has 0 amide bonds. The van der Waals surface area contributed by atoms with Crippen LogP contribution in [0.2, 0.25) is 0 Å². The van der Waals surface area contributed by atoms with Gasteiger partial charge in [0, 0.05) is 10.8 Å². The summed E-state index contributed by atoms with van der Waals surface area (Å²) in [7, 11) is -4.79. The summed E-state index contributed by atoms with van der Waals surface area (Å²) in [6.07, 6.45) is 0. The molecule has 0 fully saturated rings. The van der Waals surface area contributed by atoms with Crippen LogP contribution in [0.5, 0.6) is 17.2 Å². The lowest BCUT2D eigenvalue weighted by Gasteiger charge is -2.16. The van der Waals surface area contributed by atoms with Crippen molar-refractivity contribution in [1.29, 1.82) is 0 Å². The summed E-state index contributed by atoms with van der Waals surface area (Å²) in [4.78, 5) is 10.8. The van der Waals surface area contributed by atoms with Crippen molar-refractivity contribution in [2.45, 2.75) is 4.90 Å². The number of phenols is 2. The molecule has 0 saturated heterocycles. The van der Waals surface area contributed by atoms with E-state index in [1.54, 1.807) is 36.4 Å². The first-order valence-electron chi connectivity index (χ1n) is 11.4. The zero-order chi connectivity index (χ0) is 28.6. The Labute approximate surface area is 225 Å². The van der Waals surface area contributed by atoms with Gasteiger partial charge in [-0.3, -0.25) is 0 Å². The predicted octanol–water partition coefficient (Wildman–Crippen LogP) is 5.91. The lowest BCUT2D eigenvalue weighted by molar-refractivity contribution is -0.264. The van der Waals surface area contributed by atoms with E-state index in [9.17, 15) is 38.2 Å². The normalized spacial score (nSPS) is 12.1. The molecular weight excluding hydrogens is 540 g/mol. The largest absolute Gasteiger partial charge is 0.871 e. The fourth-order valence-electron chi connectivity index (χ4n) is 4.10. The average Bonchev–Trinajstić information content (AvgIpc) is 2.92. The Kier molecular flexibility index (Phi) is 6.59. The van der Waals surface area contributed by atoms with Gasteiger partial charge in [-0.15, -0.1) is 15.3 Å². The molecule has 5 rings (SSSR count). The Balaban J connectivity index is 1.53. The third-order valence-electron chi connectivity index (χ3n) is 5.98. The zero-order valence-corrected chi connectivity index (χ0v) is 20.9. The summed E-state index contributed by atoms with van der Waals surface area (Å²) >= 11 is 0. The Bertz CT molecular complexity index is 2010. The highest BCUT2D eigenvalue weighted by Gasteiger charge is 2.19. The molecular formula is C27H16N4O8S-2. The molecule has 12 nitrogen and oxygen atoms in total. The van der Waals surface area contributed by atoms with Crippen molar-refractivity contribution in [3.8, 4) is 17.2 Å². The van der Waals surface area contributed by atoms with E-state index in [1.165, 1.54) is 30.3 Å².